The quantitative estimate of drug-likeness (QED) is 0.740. The highest BCUT2D eigenvalue weighted by Gasteiger charge is 2.37. The van der Waals surface area contributed by atoms with Gasteiger partial charge in [-0.2, -0.15) is 0 Å². The molecule has 0 radical (unpaired) electrons. The fourth-order valence-electron chi connectivity index (χ4n) is 3.61. The number of hydrogen-bond acceptors (Lipinski definition) is 4. The molecule has 0 aromatic heterocycles. The molecule has 20 heavy (non-hydrogen) atoms. The Morgan fingerprint density at radius 3 is 2.95 bits per heavy atom. The van der Waals surface area contributed by atoms with Crippen LogP contribution in [0.4, 0.5) is 0 Å². The molecule has 1 amide bonds. The van der Waals surface area contributed by atoms with E-state index >= 15 is 0 Å². The van der Waals surface area contributed by atoms with E-state index in [1.54, 1.807) is 0 Å². The van der Waals surface area contributed by atoms with Crippen LogP contribution in [0.5, 0.6) is 0 Å². The van der Waals surface area contributed by atoms with Crippen LogP contribution in [0.2, 0.25) is 0 Å². The Morgan fingerprint density at radius 2 is 2.25 bits per heavy atom. The summed E-state index contributed by atoms with van der Waals surface area (Å²) in [5.41, 5.74) is 5.94. The molecule has 0 bridgehead atoms. The summed E-state index contributed by atoms with van der Waals surface area (Å²) in [6.07, 6.45) is 4.13. The Labute approximate surface area is 122 Å². The summed E-state index contributed by atoms with van der Waals surface area (Å²) in [6, 6.07) is 1.36. The van der Waals surface area contributed by atoms with Gasteiger partial charge in [0.05, 0.1) is 0 Å². The highest BCUT2D eigenvalue weighted by Crippen LogP contribution is 2.26. The molecule has 2 aliphatic rings. The van der Waals surface area contributed by atoms with E-state index in [-0.39, 0.29) is 11.9 Å². The molecule has 0 aromatic carbocycles. The first-order valence-electron chi connectivity index (χ1n) is 8.12. The summed E-state index contributed by atoms with van der Waals surface area (Å²) in [7, 11) is 0. The number of piperazine rings is 1. The molecule has 2 heterocycles. The van der Waals surface area contributed by atoms with Crippen molar-refractivity contribution < 1.29 is 4.79 Å². The fraction of sp³-hybridized carbons (Fsp3) is 0.933. The van der Waals surface area contributed by atoms with Gasteiger partial charge in [-0.25, -0.2) is 0 Å². The van der Waals surface area contributed by atoms with Crippen molar-refractivity contribution >= 4 is 5.91 Å². The Bertz CT molecular complexity index is 323. The molecule has 3 N–H and O–H groups in total. The van der Waals surface area contributed by atoms with Crippen LogP contribution in [-0.2, 0) is 4.79 Å². The van der Waals surface area contributed by atoms with Gasteiger partial charge in [0.15, 0.2) is 0 Å². The van der Waals surface area contributed by atoms with Crippen molar-refractivity contribution in [1.29, 1.82) is 0 Å². The van der Waals surface area contributed by atoms with Crippen LogP contribution in [0.3, 0.4) is 0 Å². The number of amides is 1. The Hall–Kier alpha value is -0.650. The predicted octanol–water partition coefficient (Wildman–Crippen LogP) is 0.399. The van der Waals surface area contributed by atoms with E-state index < -0.39 is 0 Å². The molecular formula is C15H30N4O. The molecular weight excluding hydrogens is 252 g/mol. The lowest BCUT2D eigenvalue weighted by Crippen LogP contribution is -2.60. The zero-order valence-corrected chi connectivity index (χ0v) is 13.0. The van der Waals surface area contributed by atoms with Crippen molar-refractivity contribution in [3.05, 3.63) is 0 Å². The van der Waals surface area contributed by atoms with Crippen molar-refractivity contribution in [1.82, 2.24) is 15.1 Å². The lowest BCUT2D eigenvalue weighted by Gasteiger charge is -2.45. The minimum atomic E-state index is 0.142. The van der Waals surface area contributed by atoms with Gasteiger partial charge in [0.1, 0.15) is 0 Å². The molecule has 3 unspecified atom stereocenters. The van der Waals surface area contributed by atoms with Gasteiger partial charge >= 0.3 is 0 Å². The largest absolute Gasteiger partial charge is 0.356 e. The molecule has 0 aromatic rings. The van der Waals surface area contributed by atoms with Crippen molar-refractivity contribution in [2.75, 3.05) is 32.7 Å². The van der Waals surface area contributed by atoms with Crippen LogP contribution in [0, 0.1) is 0 Å². The molecule has 5 nitrogen and oxygen atoms in total. The van der Waals surface area contributed by atoms with E-state index in [1.165, 1.54) is 19.4 Å². The van der Waals surface area contributed by atoms with E-state index in [0.717, 1.165) is 26.1 Å². The van der Waals surface area contributed by atoms with Gasteiger partial charge in [0.2, 0.25) is 5.91 Å². The molecule has 0 spiro atoms. The minimum absolute atomic E-state index is 0.142. The number of nitrogens with one attached hydrogen (secondary N) is 1. The number of carbonyl (C=O) groups is 1. The Kier molecular flexibility index (Phi) is 5.81. The molecule has 0 saturated carbocycles. The number of carbonyl (C=O) groups excluding carboxylic acids is 1. The third-order valence-corrected chi connectivity index (χ3v) is 4.72. The number of nitrogens with zero attached hydrogens (tertiary/aromatic N) is 2. The van der Waals surface area contributed by atoms with E-state index in [1.807, 2.05) is 0 Å². The topological polar surface area (TPSA) is 61.6 Å². The third-order valence-electron chi connectivity index (χ3n) is 4.72. The summed E-state index contributed by atoms with van der Waals surface area (Å²) in [4.78, 5) is 17.0. The summed E-state index contributed by atoms with van der Waals surface area (Å²) in [5, 5.41) is 2.97. The molecule has 2 aliphatic heterocycles. The molecule has 5 heteroatoms. The standard InChI is InChI=1S/C15H30N4O/c1-3-6-17-15(20)8-14(9-16)19-11-13-5-4-7-18(13)10-12(19)2/h12-14H,3-11,16H2,1-2H3,(H,17,20). The van der Waals surface area contributed by atoms with Crippen molar-refractivity contribution in [2.45, 2.75) is 57.7 Å². The predicted molar refractivity (Wildman–Crippen MR) is 81.5 cm³/mol. The van der Waals surface area contributed by atoms with Crippen LogP contribution in [0.25, 0.3) is 0 Å². The highest BCUT2D eigenvalue weighted by atomic mass is 16.1. The summed E-state index contributed by atoms with van der Waals surface area (Å²) in [6.45, 7) is 9.11. The average molecular weight is 282 g/mol. The lowest BCUT2D eigenvalue weighted by atomic mass is 10.0. The molecule has 0 aliphatic carbocycles. The first-order chi connectivity index (χ1) is 9.65. The van der Waals surface area contributed by atoms with Gasteiger partial charge in [-0.1, -0.05) is 6.92 Å². The average Bonchev–Trinajstić information content (AvgIpc) is 2.88. The number of nitrogens with two attached hydrogens (primary N) is 1. The van der Waals surface area contributed by atoms with E-state index in [2.05, 4.69) is 29.0 Å². The van der Waals surface area contributed by atoms with Crippen LogP contribution < -0.4 is 11.1 Å². The summed E-state index contributed by atoms with van der Waals surface area (Å²) in [5.74, 6) is 0.142. The minimum Gasteiger partial charge on any atom is -0.356 e. The third kappa shape index (κ3) is 3.71. The highest BCUT2D eigenvalue weighted by molar-refractivity contribution is 5.76. The van der Waals surface area contributed by atoms with E-state index in [4.69, 9.17) is 5.73 Å². The Morgan fingerprint density at radius 1 is 1.45 bits per heavy atom. The maximum Gasteiger partial charge on any atom is 0.221 e. The van der Waals surface area contributed by atoms with Crippen molar-refractivity contribution in [3.8, 4) is 0 Å². The smallest absolute Gasteiger partial charge is 0.221 e. The second-order valence-electron chi connectivity index (χ2n) is 6.28. The monoisotopic (exact) mass is 282 g/mol. The first kappa shape index (κ1) is 15.7. The second kappa shape index (κ2) is 7.38. The van der Waals surface area contributed by atoms with E-state index in [9.17, 15) is 4.79 Å². The van der Waals surface area contributed by atoms with Crippen LogP contribution >= 0.6 is 0 Å². The number of rotatable bonds is 6. The SMILES string of the molecule is CCCNC(=O)CC(CN)N1CC2CCCN2CC1C. The second-order valence-corrected chi connectivity index (χ2v) is 6.28. The van der Waals surface area contributed by atoms with Crippen LogP contribution in [0.15, 0.2) is 0 Å². The summed E-state index contributed by atoms with van der Waals surface area (Å²) >= 11 is 0. The van der Waals surface area contributed by atoms with Crippen LogP contribution in [-0.4, -0.2) is 66.6 Å². The first-order valence-corrected chi connectivity index (χ1v) is 8.12. The molecule has 2 fully saturated rings. The zero-order valence-electron chi connectivity index (χ0n) is 13.0. The zero-order chi connectivity index (χ0) is 14.5. The van der Waals surface area contributed by atoms with Gasteiger partial charge in [-0.05, 0) is 32.7 Å². The normalized spacial score (nSPS) is 29.1. The molecule has 3 atom stereocenters. The number of fused-ring (bicyclic) bond motifs is 1. The van der Waals surface area contributed by atoms with Crippen LogP contribution in [0.1, 0.15) is 39.5 Å². The lowest BCUT2D eigenvalue weighted by molar-refractivity contribution is -0.122. The van der Waals surface area contributed by atoms with Gasteiger partial charge in [-0.15, -0.1) is 0 Å². The van der Waals surface area contributed by atoms with Crippen molar-refractivity contribution in [2.24, 2.45) is 5.73 Å². The maximum atomic E-state index is 11.9. The molecule has 2 rings (SSSR count). The van der Waals surface area contributed by atoms with Gasteiger partial charge in [-0.3, -0.25) is 14.6 Å². The van der Waals surface area contributed by atoms with Crippen molar-refractivity contribution in [3.63, 3.8) is 0 Å². The molecule has 116 valence electrons. The van der Waals surface area contributed by atoms with Gasteiger partial charge in [0, 0.05) is 50.7 Å². The van der Waals surface area contributed by atoms with E-state index in [0.29, 0.717) is 25.0 Å². The number of hydrogen-bond donors (Lipinski definition) is 2. The van der Waals surface area contributed by atoms with Gasteiger partial charge in [0.25, 0.3) is 0 Å². The maximum absolute atomic E-state index is 11.9. The Balaban J connectivity index is 1.90. The summed E-state index contributed by atoms with van der Waals surface area (Å²) < 4.78 is 0. The molecule has 2 saturated heterocycles. The van der Waals surface area contributed by atoms with Gasteiger partial charge < -0.3 is 11.1 Å². The fourth-order valence-corrected chi connectivity index (χ4v) is 3.61.